The molecule has 49 heavy (non-hydrogen) atoms. The van der Waals surface area contributed by atoms with Crippen molar-refractivity contribution in [3.05, 3.63) is 0 Å². The largest absolute Gasteiger partial charge is 0.345 e. The van der Waals surface area contributed by atoms with Gasteiger partial charge in [0.1, 0.15) is 24.2 Å². The lowest BCUT2D eigenvalue weighted by molar-refractivity contribution is -0.163. The van der Waals surface area contributed by atoms with Gasteiger partial charge in [-0.05, 0) is 45.4 Å². The molecule has 0 aromatic carbocycles. The molecular weight excluding hydrogens is 654 g/mol. The van der Waals surface area contributed by atoms with E-state index < -0.39 is 90.4 Å². The fourth-order valence-corrected chi connectivity index (χ4v) is 4.37. The van der Waals surface area contributed by atoms with Gasteiger partial charge in [-0.15, -0.1) is 0 Å². The number of amides is 9. The minimum atomic E-state index is -1.41. The van der Waals surface area contributed by atoms with Crippen molar-refractivity contribution in [1.82, 2.24) is 47.1 Å². The van der Waals surface area contributed by atoms with Crippen LogP contribution < -0.4 is 31.9 Å². The monoisotopic (exact) mass is 701 g/mol. The van der Waals surface area contributed by atoms with E-state index >= 15 is 0 Å². The van der Waals surface area contributed by atoms with Crippen LogP contribution in [0.1, 0.15) is 66.2 Å². The minimum absolute atomic E-state index is 0.00318. The van der Waals surface area contributed by atoms with Crippen molar-refractivity contribution in [3.63, 3.8) is 0 Å². The Labute approximate surface area is 282 Å². The van der Waals surface area contributed by atoms with E-state index in [4.69, 9.17) is 0 Å². The summed E-state index contributed by atoms with van der Waals surface area (Å²) in [5.74, 6) is -7.03. The summed E-state index contributed by atoms with van der Waals surface area (Å²) in [5, 5.41) is 44.8. The Morgan fingerprint density at radius 3 is 1.27 bits per heavy atom. The standard InChI is InChI=1S/C28H47N9O12/c1-16-25(43)29-15-24(42)32-21(9-6-12-36(48)18(3)39)27(45)34-22(10-7-13-37(49)19(4)40)28(46)33-20(8-5-11-35(47)17(2)38)26(44)30-14-23(41)31-16/h16,20-22,47-49H,5-15H2,1-4H3,(H,29,43)(H,30,44)(H,31,41)(H,32,42)(H,33,46)(H,34,45). The van der Waals surface area contributed by atoms with Gasteiger partial charge < -0.3 is 31.9 Å². The maximum atomic E-state index is 13.6. The lowest BCUT2D eigenvalue weighted by Crippen LogP contribution is -2.58. The van der Waals surface area contributed by atoms with Crippen LogP contribution >= 0.6 is 0 Å². The van der Waals surface area contributed by atoms with Crippen LogP contribution in [0.5, 0.6) is 0 Å². The quantitative estimate of drug-likeness (QED) is 0.0701. The number of carbonyl (C=O) groups excluding carboxylic acids is 9. The first-order chi connectivity index (χ1) is 22.9. The number of hydroxylamine groups is 6. The molecule has 0 bridgehead atoms. The van der Waals surface area contributed by atoms with Gasteiger partial charge in [-0.1, -0.05) is 0 Å². The van der Waals surface area contributed by atoms with E-state index in [9.17, 15) is 58.8 Å². The topological polar surface area (TPSA) is 296 Å². The first-order valence-corrected chi connectivity index (χ1v) is 15.6. The van der Waals surface area contributed by atoms with Crippen molar-refractivity contribution in [1.29, 1.82) is 0 Å². The molecule has 9 amide bonds. The fraction of sp³-hybridized carbons (Fsp3) is 0.679. The van der Waals surface area contributed by atoms with E-state index in [2.05, 4.69) is 31.9 Å². The predicted octanol–water partition coefficient (Wildman–Crippen LogP) is -3.75. The van der Waals surface area contributed by atoms with E-state index in [1.165, 1.54) is 6.92 Å². The van der Waals surface area contributed by atoms with Crippen LogP contribution in [0.25, 0.3) is 0 Å². The Balaban J connectivity index is 3.41. The number of hydrogen-bond acceptors (Lipinski definition) is 12. The molecule has 0 aromatic rings. The highest BCUT2D eigenvalue weighted by molar-refractivity contribution is 5.96. The normalized spacial score (nSPS) is 21.4. The third-order valence-corrected chi connectivity index (χ3v) is 7.21. The number of hydrogen-bond donors (Lipinski definition) is 9. The smallest absolute Gasteiger partial charge is 0.243 e. The molecule has 0 radical (unpaired) electrons. The van der Waals surface area contributed by atoms with Crippen molar-refractivity contribution in [2.24, 2.45) is 0 Å². The van der Waals surface area contributed by atoms with Gasteiger partial charge in [0, 0.05) is 40.4 Å². The first kappa shape index (κ1) is 42.1. The zero-order valence-electron chi connectivity index (χ0n) is 27.9. The molecule has 1 fully saturated rings. The first-order valence-electron chi connectivity index (χ1n) is 15.6. The van der Waals surface area contributed by atoms with E-state index in [1.807, 2.05) is 0 Å². The van der Waals surface area contributed by atoms with Gasteiger partial charge in [0.15, 0.2) is 0 Å². The molecule has 1 aliphatic rings. The summed E-state index contributed by atoms with van der Waals surface area (Å²) in [7, 11) is 0. The summed E-state index contributed by atoms with van der Waals surface area (Å²) in [4.78, 5) is 112. The molecule has 0 aliphatic carbocycles. The molecule has 21 nitrogen and oxygen atoms in total. The zero-order valence-corrected chi connectivity index (χ0v) is 27.9. The highest BCUT2D eigenvalue weighted by atomic mass is 16.5. The average molecular weight is 702 g/mol. The molecule has 276 valence electrons. The lowest BCUT2D eigenvalue weighted by atomic mass is 10.1. The van der Waals surface area contributed by atoms with Crippen LogP contribution in [0.3, 0.4) is 0 Å². The van der Waals surface area contributed by atoms with Gasteiger partial charge in [0.05, 0.1) is 13.1 Å². The highest BCUT2D eigenvalue weighted by Gasteiger charge is 2.31. The molecule has 9 N–H and O–H groups in total. The maximum Gasteiger partial charge on any atom is 0.243 e. The van der Waals surface area contributed by atoms with Gasteiger partial charge in [0.25, 0.3) is 0 Å². The van der Waals surface area contributed by atoms with Gasteiger partial charge in [-0.2, -0.15) is 0 Å². The molecule has 0 saturated carbocycles. The van der Waals surface area contributed by atoms with Crippen LogP contribution in [-0.2, 0) is 43.2 Å². The van der Waals surface area contributed by atoms with Crippen molar-refractivity contribution < 1.29 is 58.8 Å². The summed E-state index contributed by atoms with van der Waals surface area (Å²) >= 11 is 0. The van der Waals surface area contributed by atoms with Crippen molar-refractivity contribution in [2.75, 3.05) is 32.7 Å². The molecule has 4 atom stereocenters. The number of rotatable bonds is 12. The second kappa shape index (κ2) is 21.2. The Bertz CT molecular complexity index is 1210. The number of carbonyl (C=O) groups is 9. The Morgan fingerprint density at radius 1 is 0.551 bits per heavy atom. The van der Waals surface area contributed by atoms with Gasteiger partial charge in [-0.25, -0.2) is 15.2 Å². The summed E-state index contributed by atoms with van der Waals surface area (Å²) < 4.78 is 0. The molecule has 21 heteroatoms. The Morgan fingerprint density at radius 2 is 0.878 bits per heavy atom. The van der Waals surface area contributed by atoms with Crippen LogP contribution in [0, 0.1) is 0 Å². The molecular formula is C28H47N9O12. The zero-order chi connectivity index (χ0) is 37.3. The van der Waals surface area contributed by atoms with Gasteiger partial charge in [0.2, 0.25) is 53.2 Å². The summed E-state index contributed by atoms with van der Waals surface area (Å²) in [5.41, 5.74) is 0. The SMILES string of the molecule is CC(=O)N(O)CCCC1NC(=O)CNC(=O)C(C)NC(=O)CNC(=O)C(CCCN(O)C(C)=O)NC(=O)C(CCCN(O)C(C)=O)NC1=O. The van der Waals surface area contributed by atoms with Crippen LogP contribution in [0.4, 0.5) is 0 Å². The molecule has 0 spiro atoms. The molecule has 1 heterocycles. The van der Waals surface area contributed by atoms with Crippen molar-refractivity contribution >= 4 is 53.2 Å². The molecule has 1 rings (SSSR count). The second-order valence-electron chi connectivity index (χ2n) is 11.3. The van der Waals surface area contributed by atoms with E-state index in [0.717, 1.165) is 20.8 Å². The van der Waals surface area contributed by atoms with Crippen LogP contribution in [-0.4, -0.2) is 141 Å². The Kier molecular flexibility index (Phi) is 18.2. The molecule has 4 unspecified atom stereocenters. The van der Waals surface area contributed by atoms with Crippen LogP contribution in [0.2, 0.25) is 0 Å². The van der Waals surface area contributed by atoms with E-state index in [0.29, 0.717) is 15.2 Å². The van der Waals surface area contributed by atoms with Crippen LogP contribution in [0.15, 0.2) is 0 Å². The average Bonchev–Trinajstić information content (AvgIpc) is 3.03. The second-order valence-corrected chi connectivity index (χ2v) is 11.3. The maximum absolute atomic E-state index is 13.6. The number of nitrogens with one attached hydrogen (secondary N) is 6. The predicted molar refractivity (Wildman–Crippen MR) is 165 cm³/mol. The third kappa shape index (κ3) is 16.2. The van der Waals surface area contributed by atoms with Crippen molar-refractivity contribution in [2.45, 2.75) is 90.4 Å². The highest BCUT2D eigenvalue weighted by Crippen LogP contribution is 2.07. The van der Waals surface area contributed by atoms with Gasteiger partial charge >= 0.3 is 0 Å². The summed E-state index contributed by atoms with van der Waals surface area (Å²) in [6.07, 6.45) is -0.499. The molecule has 1 aliphatic heterocycles. The van der Waals surface area contributed by atoms with E-state index in [1.54, 1.807) is 0 Å². The lowest BCUT2D eigenvalue weighted by Gasteiger charge is -2.26. The van der Waals surface area contributed by atoms with E-state index in [-0.39, 0.29) is 58.2 Å². The number of nitrogens with zero attached hydrogens (tertiary/aromatic N) is 3. The minimum Gasteiger partial charge on any atom is -0.345 e. The summed E-state index contributed by atoms with van der Waals surface area (Å²) in [6, 6.07) is -5.27. The Hall–Kier alpha value is -4.89. The molecule has 0 aromatic heterocycles. The van der Waals surface area contributed by atoms with Crippen molar-refractivity contribution in [3.8, 4) is 0 Å². The fourth-order valence-electron chi connectivity index (χ4n) is 4.37. The molecule has 1 saturated heterocycles. The summed E-state index contributed by atoms with van der Waals surface area (Å²) in [6.45, 7) is 2.75. The third-order valence-electron chi connectivity index (χ3n) is 7.21. The van der Waals surface area contributed by atoms with Gasteiger partial charge in [-0.3, -0.25) is 58.8 Å².